The number of fused-ring (bicyclic) bond motifs is 1. The van der Waals surface area contributed by atoms with Crippen molar-refractivity contribution in [2.24, 2.45) is 0 Å². The number of benzene rings is 1. The number of anilines is 2. The zero-order valence-corrected chi connectivity index (χ0v) is 17.4. The topological polar surface area (TPSA) is 92.2 Å². The van der Waals surface area contributed by atoms with Crippen molar-refractivity contribution >= 4 is 40.3 Å². The van der Waals surface area contributed by atoms with Crippen LogP contribution in [-0.4, -0.2) is 39.7 Å². The lowest BCUT2D eigenvalue weighted by Crippen LogP contribution is -2.47. The summed E-state index contributed by atoms with van der Waals surface area (Å²) in [5.41, 5.74) is 1.82. The van der Waals surface area contributed by atoms with Crippen LogP contribution < -0.4 is 21.1 Å². The summed E-state index contributed by atoms with van der Waals surface area (Å²) in [5.74, 6) is 0.444. The Morgan fingerprint density at radius 3 is 2.77 bits per heavy atom. The minimum Gasteiger partial charge on any atom is -0.352 e. The first-order chi connectivity index (χ1) is 14.5. The highest BCUT2D eigenvalue weighted by molar-refractivity contribution is 6.30. The van der Waals surface area contributed by atoms with Crippen LogP contribution >= 0.6 is 11.6 Å². The summed E-state index contributed by atoms with van der Waals surface area (Å²) in [6.07, 6.45) is 3.11. The second-order valence-corrected chi connectivity index (χ2v) is 7.64. The number of rotatable bonds is 4. The van der Waals surface area contributed by atoms with E-state index < -0.39 is 0 Å². The molecule has 0 unspecified atom stereocenters. The number of aryl methyl sites for hydroxylation is 1. The predicted molar refractivity (Wildman–Crippen MR) is 118 cm³/mol. The first-order valence-electron chi connectivity index (χ1n) is 9.98. The Labute approximate surface area is 178 Å². The normalized spacial score (nSPS) is 14.7. The maximum Gasteiger partial charge on any atom is 0.319 e. The largest absolute Gasteiger partial charge is 0.352 e. The predicted octanol–water partition coefficient (Wildman–Crippen LogP) is 3.26. The highest BCUT2D eigenvalue weighted by Gasteiger charge is 2.24. The fourth-order valence-electron chi connectivity index (χ4n) is 3.72. The molecule has 8 nitrogen and oxygen atoms in total. The summed E-state index contributed by atoms with van der Waals surface area (Å²) < 4.78 is 1.65. The molecule has 0 aliphatic carbocycles. The molecule has 3 heterocycles. The van der Waals surface area contributed by atoms with Gasteiger partial charge in [-0.25, -0.2) is 14.8 Å². The molecular formula is C21H23ClN6O2. The third-order valence-electron chi connectivity index (χ3n) is 5.21. The molecule has 156 valence electrons. The number of nitrogens with zero attached hydrogens (tertiary/aromatic N) is 4. The van der Waals surface area contributed by atoms with Crippen molar-refractivity contribution in [3.8, 4) is 0 Å². The molecule has 0 bridgehead atoms. The van der Waals surface area contributed by atoms with Crippen molar-refractivity contribution in [1.29, 1.82) is 0 Å². The van der Waals surface area contributed by atoms with Gasteiger partial charge in [0.15, 0.2) is 11.5 Å². The van der Waals surface area contributed by atoms with Gasteiger partial charge in [-0.2, -0.15) is 0 Å². The molecular weight excluding hydrogens is 404 g/mol. The summed E-state index contributed by atoms with van der Waals surface area (Å²) in [7, 11) is 0. The monoisotopic (exact) mass is 426 g/mol. The molecule has 2 N–H and O–H groups in total. The molecule has 1 aromatic carbocycles. The summed E-state index contributed by atoms with van der Waals surface area (Å²) in [5, 5.41) is 6.36. The van der Waals surface area contributed by atoms with Gasteiger partial charge in [-0.3, -0.25) is 9.36 Å². The van der Waals surface area contributed by atoms with E-state index in [2.05, 4.69) is 20.6 Å². The highest BCUT2D eigenvalue weighted by atomic mass is 35.5. The van der Waals surface area contributed by atoms with Crippen LogP contribution in [0.25, 0.3) is 11.2 Å². The van der Waals surface area contributed by atoms with E-state index in [1.54, 1.807) is 35.0 Å². The van der Waals surface area contributed by atoms with Crippen molar-refractivity contribution in [2.75, 3.05) is 23.3 Å². The van der Waals surface area contributed by atoms with Gasteiger partial charge in [-0.05, 0) is 50.1 Å². The van der Waals surface area contributed by atoms with Crippen LogP contribution in [0.4, 0.5) is 16.3 Å². The number of amides is 2. The van der Waals surface area contributed by atoms with Crippen molar-refractivity contribution in [2.45, 2.75) is 32.4 Å². The number of nitrogens with one attached hydrogen (secondary N) is 2. The quantitative estimate of drug-likeness (QED) is 0.668. The number of piperidine rings is 1. The Bertz CT molecular complexity index is 1120. The first-order valence-corrected chi connectivity index (χ1v) is 10.4. The lowest BCUT2D eigenvalue weighted by Gasteiger charge is -2.33. The minimum atomic E-state index is -0.265. The van der Waals surface area contributed by atoms with E-state index in [-0.39, 0.29) is 17.6 Å². The average molecular weight is 427 g/mol. The molecule has 1 aliphatic rings. The second-order valence-electron chi connectivity index (χ2n) is 7.20. The molecule has 3 aromatic rings. The number of carbonyl (C=O) groups excluding carboxylic acids is 1. The van der Waals surface area contributed by atoms with Gasteiger partial charge < -0.3 is 15.5 Å². The molecule has 1 saturated heterocycles. The van der Waals surface area contributed by atoms with Crippen molar-refractivity contribution in [3.63, 3.8) is 0 Å². The Balaban J connectivity index is 1.42. The molecule has 9 heteroatoms. The standard InChI is InChI=1S/C21H23ClN6O2/c1-2-28-18-17(7-4-10-23-18)26-19(20(28)29)27-11-8-15(9-12-27)24-21(30)25-16-6-3-5-14(22)13-16/h3-7,10,13,15H,2,8-9,11-12H2,1H3,(H2,24,25,30). The maximum absolute atomic E-state index is 12.9. The van der Waals surface area contributed by atoms with Gasteiger partial charge in [-0.15, -0.1) is 0 Å². The number of hydrogen-bond donors (Lipinski definition) is 2. The van der Waals surface area contributed by atoms with Crippen molar-refractivity contribution in [1.82, 2.24) is 19.9 Å². The number of halogens is 1. The van der Waals surface area contributed by atoms with Gasteiger partial charge >= 0.3 is 6.03 Å². The molecule has 1 fully saturated rings. The van der Waals surface area contributed by atoms with E-state index in [1.807, 2.05) is 24.0 Å². The van der Waals surface area contributed by atoms with Crippen molar-refractivity contribution in [3.05, 3.63) is 58.0 Å². The lowest BCUT2D eigenvalue weighted by molar-refractivity contribution is 0.246. The van der Waals surface area contributed by atoms with Gasteiger partial charge in [-0.1, -0.05) is 17.7 Å². The zero-order valence-electron chi connectivity index (χ0n) is 16.6. The molecule has 2 aromatic heterocycles. The van der Waals surface area contributed by atoms with Gasteiger partial charge in [0.05, 0.1) is 0 Å². The smallest absolute Gasteiger partial charge is 0.319 e. The zero-order chi connectivity index (χ0) is 21.1. The van der Waals surface area contributed by atoms with Crippen LogP contribution in [0.15, 0.2) is 47.4 Å². The number of pyridine rings is 1. The molecule has 1 aliphatic heterocycles. The summed E-state index contributed by atoms with van der Waals surface area (Å²) >= 11 is 5.95. The fraction of sp³-hybridized carbons (Fsp3) is 0.333. The first kappa shape index (κ1) is 20.2. The van der Waals surface area contributed by atoms with Crippen molar-refractivity contribution < 1.29 is 4.79 Å². The van der Waals surface area contributed by atoms with E-state index >= 15 is 0 Å². The minimum absolute atomic E-state index is 0.0240. The van der Waals surface area contributed by atoms with Crippen LogP contribution in [0, 0.1) is 0 Å². The van der Waals surface area contributed by atoms with Crippen LogP contribution in [0.3, 0.4) is 0 Å². The van der Waals surface area contributed by atoms with Crippen LogP contribution in [0.1, 0.15) is 19.8 Å². The molecule has 0 saturated carbocycles. The van der Waals surface area contributed by atoms with Crippen LogP contribution in [-0.2, 0) is 6.54 Å². The third kappa shape index (κ3) is 4.23. The Kier molecular flexibility index (Phi) is 5.85. The van der Waals surface area contributed by atoms with Gasteiger partial charge in [0.2, 0.25) is 0 Å². The summed E-state index contributed by atoms with van der Waals surface area (Å²) in [6, 6.07) is 10.5. The van der Waals surface area contributed by atoms with E-state index in [4.69, 9.17) is 11.6 Å². The molecule has 4 rings (SSSR count). The molecule has 0 atom stereocenters. The number of hydrogen-bond acceptors (Lipinski definition) is 5. The highest BCUT2D eigenvalue weighted by Crippen LogP contribution is 2.19. The van der Waals surface area contributed by atoms with E-state index in [0.29, 0.717) is 47.3 Å². The second kappa shape index (κ2) is 8.71. The number of aromatic nitrogens is 3. The lowest BCUT2D eigenvalue weighted by atomic mass is 10.1. The van der Waals surface area contributed by atoms with Crippen LogP contribution in [0.5, 0.6) is 0 Å². The van der Waals surface area contributed by atoms with Gasteiger partial charge in [0.25, 0.3) is 5.56 Å². The van der Waals surface area contributed by atoms with E-state index in [9.17, 15) is 9.59 Å². The Hall–Kier alpha value is -3.13. The molecule has 0 radical (unpaired) electrons. The summed E-state index contributed by atoms with van der Waals surface area (Å²) in [4.78, 5) is 36.1. The third-order valence-corrected chi connectivity index (χ3v) is 5.45. The molecule has 30 heavy (non-hydrogen) atoms. The maximum atomic E-state index is 12.9. The molecule has 2 amide bonds. The Morgan fingerprint density at radius 2 is 2.03 bits per heavy atom. The van der Waals surface area contributed by atoms with Crippen LogP contribution in [0.2, 0.25) is 5.02 Å². The Morgan fingerprint density at radius 1 is 1.23 bits per heavy atom. The number of urea groups is 1. The van der Waals surface area contributed by atoms with Gasteiger partial charge in [0, 0.05) is 42.6 Å². The fourth-order valence-corrected chi connectivity index (χ4v) is 3.91. The average Bonchev–Trinajstić information content (AvgIpc) is 2.74. The number of carbonyl (C=O) groups is 1. The summed E-state index contributed by atoms with van der Waals surface area (Å²) in [6.45, 7) is 3.73. The van der Waals surface area contributed by atoms with E-state index in [1.165, 1.54) is 0 Å². The van der Waals surface area contributed by atoms with Gasteiger partial charge in [0.1, 0.15) is 5.52 Å². The SMILES string of the molecule is CCn1c(=O)c(N2CCC(NC(=O)Nc3cccc(Cl)c3)CC2)nc2cccnc21. The molecule has 0 spiro atoms. The van der Waals surface area contributed by atoms with E-state index in [0.717, 1.165) is 12.8 Å².